The molecule has 2 aliphatic heterocycles. The number of hydrogen-bond donors (Lipinski definition) is 2. The van der Waals surface area contributed by atoms with Crippen LogP contribution in [0, 0.1) is 0 Å². The van der Waals surface area contributed by atoms with E-state index in [0.29, 0.717) is 12.5 Å². The van der Waals surface area contributed by atoms with Crippen LogP contribution < -0.4 is 5.32 Å². The van der Waals surface area contributed by atoms with E-state index in [1.165, 1.54) is 33.3 Å². The van der Waals surface area contributed by atoms with Gasteiger partial charge in [-0.1, -0.05) is 55.8 Å². The first-order chi connectivity index (χ1) is 16.8. The van der Waals surface area contributed by atoms with Crippen LogP contribution in [0.2, 0.25) is 0 Å². The fourth-order valence-corrected chi connectivity index (χ4v) is 6.60. The van der Waals surface area contributed by atoms with Crippen LogP contribution in [0.5, 0.6) is 0 Å². The number of ether oxygens (including phenoxy) is 1. The lowest BCUT2D eigenvalue weighted by molar-refractivity contribution is -0.0604. The average molecular weight is 452 g/mol. The zero-order chi connectivity index (χ0) is 23.0. The van der Waals surface area contributed by atoms with Crippen LogP contribution >= 0.6 is 0 Å². The van der Waals surface area contributed by atoms with E-state index in [1.54, 1.807) is 0 Å². The highest BCUT2D eigenvalue weighted by Crippen LogP contribution is 2.51. The van der Waals surface area contributed by atoms with Crippen molar-refractivity contribution < 1.29 is 4.74 Å². The van der Waals surface area contributed by atoms with Crippen molar-refractivity contribution in [3.63, 3.8) is 0 Å². The minimum Gasteiger partial charge on any atom is -0.372 e. The number of rotatable bonds is 5. The normalized spacial score (nSPS) is 20.3. The van der Waals surface area contributed by atoms with Crippen molar-refractivity contribution in [1.82, 2.24) is 15.3 Å². The molecule has 6 rings (SSSR count). The van der Waals surface area contributed by atoms with Gasteiger partial charge in [-0.05, 0) is 67.2 Å². The Bertz CT molecular complexity index is 1270. The summed E-state index contributed by atoms with van der Waals surface area (Å²) in [5, 5.41) is 4.92. The molecule has 2 unspecified atom stereocenters. The third-order valence-electron chi connectivity index (χ3n) is 8.04. The smallest absolute Gasteiger partial charge is 0.0746 e. The lowest BCUT2D eigenvalue weighted by atomic mass is 9.62. The molecule has 1 saturated heterocycles. The molecule has 4 aromatic rings. The summed E-state index contributed by atoms with van der Waals surface area (Å²) in [7, 11) is 0. The summed E-state index contributed by atoms with van der Waals surface area (Å²) in [6.45, 7) is 5.07. The number of hydrogen-bond acceptors (Lipinski definition) is 3. The van der Waals surface area contributed by atoms with Gasteiger partial charge < -0.3 is 15.0 Å². The van der Waals surface area contributed by atoms with Crippen LogP contribution in [-0.2, 0) is 16.8 Å². The number of benzene rings is 2. The van der Waals surface area contributed by atoms with Crippen molar-refractivity contribution in [3.8, 4) is 11.3 Å². The number of aromatic amines is 1. The van der Waals surface area contributed by atoms with Crippen LogP contribution in [0.25, 0.3) is 22.2 Å². The molecule has 4 heteroatoms. The van der Waals surface area contributed by atoms with Crippen molar-refractivity contribution in [2.45, 2.75) is 56.7 Å². The van der Waals surface area contributed by atoms with E-state index in [2.05, 4.69) is 76.8 Å². The molecule has 1 spiro atoms. The number of para-hydroxylation sites is 1. The summed E-state index contributed by atoms with van der Waals surface area (Å²) in [6.07, 6.45) is 8.40. The van der Waals surface area contributed by atoms with Crippen LogP contribution in [-0.4, -0.2) is 29.2 Å². The fourth-order valence-electron chi connectivity index (χ4n) is 6.60. The Morgan fingerprint density at radius 2 is 1.85 bits per heavy atom. The standard InChI is InChI=1S/C30H33N3O/c1-2-8-24(27-23-11-4-6-13-26(23)33-28(27)21-10-7-16-32-19-21)29-30(14-17-31-18-15-30)25-12-5-3-9-22(25)20-34-29/h3-7,9-13,16,19,24,29,31,33H,2,8,14-15,17-18,20H2,1H3. The van der Waals surface area contributed by atoms with Crippen molar-refractivity contribution in [2.24, 2.45) is 0 Å². The van der Waals surface area contributed by atoms with E-state index in [9.17, 15) is 0 Å². The number of aromatic nitrogens is 2. The molecule has 0 aliphatic carbocycles. The molecule has 2 atom stereocenters. The maximum absolute atomic E-state index is 6.92. The second-order valence-corrected chi connectivity index (χ2v) is 9.89. The summed E-state index contributed by atoms with van der Waals surface area (Å²) in [5.74, 6) is 0.294. The molecule has 4 heterocycles. The highest BCUT2D eigenvalue weighted by molar-refractivity contribution is 5.91. The Morgan fingerprint density at radius 1 is 1.03 bits per heavy atom. The molecule has 1 fully saturated rings. The van der Waals surface area contributed by atoms with Crippen LogP contribution in [0.15, 0.2) is 73.1 Å². The summed E-state index contributed by atoms with van der Waals surface area (Å²) in [6, 6.07) is 21.9. The number of pyridine rings is 1. The van der Waals surface area contributed by atoms with Crippen LogP contribution in [0.4, 0.5) is 0 Å². The maximum atomic E-state index is 6.92. The van der Waals surface area contributed by atoms with E-state index in [0.717, 1.165) is 44.3 Å². The highest BCUT2D eigenvalue weighted by Gasteiger charge is 2.49. The topological polar surface area (TPSA) is 49.9 Å². The van der Waals surface area contributed by atoms with Gasteiger partial charge in [-0.15, -0.1) is 0 Å². The molecular formula is C30H33N3O. The summed E-state index contributed by atoms with van der Waals surface area (Å²) in [4.78, 5) is 8.20. The van der Waals surface area contributed by atoms with E-state index in [-0.39, 0.29) is 11.5 Å². The lowest BCUT2D eigenvalue weighted by Gasteiger charge is -2.50. The minimum atomic E-state index is 0.0323. The minimum absolute atomic E-state index is 0.0323. The van der Waals surface area contributed by atoms with Gasteiger partial charge in [0.25, 0.3) is 0 Å². The zero-order valence-electron chi connectivity index (χ0n) is 19.9. The third kappa shape index (κ3) is 3.48. The Labute approximate surface area is 201 Å². The van der Waals surface area contributed by atoms with Crippen molar-refractivity contribution >= 4 is 10.9 Å². The number of nitrogens with zero attached hydrogens (tertiary/aromatic N) is 1. The fraction of sp³-hybridized carbons (Fsp3) is 0.367. The molecule has 4 nitrogen and oxygen atoms in total. The largest absolute Gasteiger partial charge is 0.372 e. The molecule has 174 valence electrons. The van der Waals surface area contributed by atoms with Crippen LogP contribution in [0.3, 0.4) is 0 Å². The van der Waals surface area contributed by atoms with Gasteiger partial charge in [-0.2, -0.15) is 0 Å². The Kier molecular flexibility index (Phi) is 5.72. The van der Waals surface area contributed by atoms with E-state index < -0.39 is 0 Å². The summed E-state index contributed by atoms with van der Waals surface area (Å²) < 4.78 is 6.92. The van der Waals surface area contributed by atoms with E-state index in [1.807, 2.05) is 18.5 Å². The van der Waals surface area contributed by atoms with Crippen molar-refractivity contribution in [2.75, 3.05) is 13.1 Å². The van der Waals surface area contributed by atoms with Gasteiger partial charge in [-0.3, -0.25) is 4.98 Å². The van der Waals surface area contributed by atoms with Crippen LogP contribution in [0.1, 0.15) is 55.2 Å². The molecule has 2 aromatic carbocycles. The molecule has 0 saturated carbocycles. The van der Waals surface area contributed by atoms with Gasteiger partial charge in [-0.25, -0.2) is 0 Å². The molecule has 0 radical (unpaired) electrons. The van der Waals surface area contributed by atoms with Gasteiger partial charge in [0.2, 0.25) is 0 Å². The zero-order valence-corrected chi connectivity index (χ0v) is 19.9. The first-order valence-electron chi connectivity index (χ1n) is 12.7. The third-order valence-corrected chi connectivity index (χ3v) is 8.04. The van der Waals surface area contributed by atoms with Gasteiger partial charge in [0.15, 0.2) is 0 Å². The first kappa shape index (κ1) is 21.6. The van der Waals surface area contributed by atoms with Gasteiger partial charge >= 0.3 is 0 Å². The van der Waals surface area contributed by atoms with E-state index in [4.69, 9.17) is 4.74 Å². The Hall–Kier alpha value is -2.95. The van der Waals surface area contributed by atoms with Gasteiger partial charge in [0.1, 0.15) is 0 Å². The number of H-pyrrole nitrogens is 1. The van der Waals surface area contributed by atoms with E-state index >= 15 is 0 Å². The van der Waals surface area contributed by atoms with Gasteiger partial charge in [0.05, 0.1) is 18.4 Å². The molecule has 0 bridgehead atoms. The molecule has 2 aliphatic rings. The monoisotopic (exact) mass is 451 g/mol. The first-order valence-corrected chi connectivity index (χ1v) is 12.7. The quantitative estimate of drug-likeness (QED) is 0.373. The summed E-state index contributed by atoms with van der Waals surface area (Å²) in [5.41, 5.74) is 7.83. The Morgan fingerprint density at radius 3 is 2.68 bits per heavy atom. The average Bonchev–Trinajstić information content (AvgIpc) is 3.29. The number of nitrogens with one attached hydrogen (secondary N) is 2. The second kappa shape index (κ2) is 9.01. The predicted molar refractivity (Wildman–Crippen MR) is 138 cm³/mol. The van der Waals surface area contributed by atoms with Gasteiger partial charge in [0, 0.05) is 40.2 Å². The molecule has 2 aromatic heterocycles. The number of fused-ring (bicyclic) bond motifs is 3. The predicted octanol–water partition coefficient (Wildman–Crippen LogP) is 6.33. The number of piperidine rings is 1. The Balaban J connectivity index is 1.56. The maximum Gasteiger partial charge on any atom is 0.0746 e. The highest BCUT2D eigenvalue weighted by atomic mass is 16.5. The summed E-state index contributed by atoms with van der Waals surface area (Å²) >= 11 is 0. The molecular weight excluding hydrogens is 418 g/mol. The van der Waals surface area contributed by atoms with Crippen molar-refractivity contribution in [1.29, 1.82) is 0 Å². The SMILES string of the molecule is CCCC(c1c(-c2cccnc2)[nH]c2ccccc12)C1OCc2ccccc2C12CCNCC2. The molecule has 0 amide bonds. The molecule has 34 heavy (non-hydrogen) atoms. The second-order valence-electron chi connectivity index (χ2n) is 9.89. The molecule has 2 N–H and O–H groups in total. The lowest BCUT2D eigenvalue weighted by Crippen LogP contribution is -2.53. The van der Waals surface area contributed by atoms with Crippen molar-refractivity contribution in [3.05, 3.63) is 89.7 Å².